The lowest BCUT2D eigenvalue weighted by Gasteiger charge is -2.13. The van der Waals surface area contributed by atoms with Crippen molar-refractivity contribution in [2.75, 3.05) is 6.54 Å². The summed E-state index contributed by atoms with van der Waals surface area (Å²) in [6.07, 6.45) is -0.518. The summed E-state index contributed by atoms with van der Waals surface area (Å²) >= 11 is 0. The average molecular weight is 410 g/mol. The van der Waals surface area contributed by atoms with Crippen LogP contribution in [0.15, 0.2) is 47.4 Å². The molecule has 28 heavy (non-hydrogen) atoms. The number of amides is 2. The summed E-state index contributed by atoms with van der Waals surface area (Å²) in [6, 6.07) is 7.90. The minimum atomic E-state index is -4.20. The van der Waals surface area contributed by atoms with Crippen molar-refractivity contribution < 1.29 is 36.4 Å². The van der Waals surface area contributed by atoms with Gasteiger partial charge in [0.25, 0.3) is 11.8 Å². The molecule has 0 unspecified atom stereocenters. The van der Waals surface area contributed by atoms with E-state index in [4.69, 9.17) is 4.84 Å². The van der Waals surface area contributed by atoms with Crippen LogP contribution in [-0.4, -0.2) is 37.8 Å². The van der Waals surface area contributed by atoms with Crippen LogP contribution in [-0.2, 0) is 19.7 Å². The molecule has 0 aromatic heterocycles. The predicted molar refractivity (Wildman–Crippen MR) is 89.2 cm³/mol. The smallest absolute Gasteiger partial charge is 0.330 e. The Balaban J connectivity index is 1.57. The molecular weight excluding hydrogens is 398 g/mol. The number of sulfonamides is 1. The number of halogens is 2. The van der Waals surface area contributed by atoms with E-state index in [0.29, 0.717) is 17.2 Å². The molecule has 11 heteroatoms. The summed E-state index contributed by atoms with van der Waals surface area (Å²) < 4.78 is 52.1. The Morgan fingerprint density at radius 1 is 1.00 bits per heavy atom. The fraction of sp³-hybridized carbons (Fsp3) is 0.118. The van der Waals surface area contributed by atoms with E-state index < -0.39 is 57.3 Å². The zero-order valence-corrected chi connectivity index (χ0v) is 14.8. The first-order valence-electron chi connectivity index (χ1n) is 7.84. The molecule has 0 aliphatic carbocycles. The lowest BCUT2D eigenvalue weighted by molar-refractivity contribution is -0.168. The largest absolute Gasteiger partial charge is 0.334 e. The Morgan fingerprint density at radius 3 is 2.18 bits per heavy atom. The summed E-state index contributed by atoms with van der Waals surface area (Å²) in [5.74, 6) is -5.20. The van der Waals surface area contributed by atoms with Gasteiger partial charge >= 0.3 is 5.97 Å². The zero-order valence-electron chi connectivity index (χ0n) is 14.0. The number of carbonyl (C=O) groups is 3. The number of hydroxylamine groups is 2. The molecule has 2 aromatic rings. The highest BCUT2D eigenvalue weighted by Gasteiger charge is 2.38. The normalized spacial score (nSPS) is 13.6. The van der Waals surface area contributed by atoms with Crippen molar-refractivity contribution in [1.82, 2.24) is 9.79 Å². The van der Waals surface area contributed by atoms with E-state index in [0.717, 1.165) is 6.07 Å². The highest BCUT2D eigenvalue weighted by atomic mass is 32.2. The van der Waals surface area contributed by atoms with Crippen LogP contribution in [0.25, 0.3) is 0 Å². The van der Waals surface area contributed by atoms with Crippen LogP contribution in [0.2, 0.25) is 0 Å². The Hall–Kier alpha value is -3.18. The van der Waals surface area contributed by atoms with Crippen molar-refractivity contribution in [3.63, 3.8) is 0 Å². The monoisotopic (exact) mass is 410 g/mol. The molecule has 0 saturated heterocycles. The van der Waals surface area contributed by atoms with E-state index in [1.54, 1.807) is 12.1 Å². The third-order valence-corrected chi connectivity index (χ3v) is 5.23. The fourth-order valence-electron chi connectivity index (χ4n) is 2.41. The van der Waals surface area contributed by atoms with Crippen molar-refractivity contribution >= 4 is 27.8 Å². The maximum Gasteiger partial charge on any atom is 0.334 e. The number of nitrogens with one attached hydrogen (secondary N) is 1. The lowest BCUT2D eigenvalue weighted by Crippen LogP contribution is -2.34. The molecule has 146 valence electrons. The van der Waals surface area contributed by atoms with Gasteiger partial charge in [-0.25, -0.2) is 26.7 Å². The number of hydrogen-bond donors (Lipinski definition) is 1. The molecule has 0 saturated carbocycles. The van der Waals surface area contributed by atoms with Crippen molar-refractivity contribution in [3.05, 3.63) is 65.2 Å². The van der Waals surface area contributed by atoms with Crippen molar-refractivity contribution in [2.45, 2.75) is 11.3 Å². The van der Waals surface area contributed by atoms with Crippen LogP contribution >= 0.6 is 0 Å². The average Bonchev–Trinajstić information content (AvgIpc) is 2.89. The SMILES string of the molecule is O=C(CCNS(=O)(=O)c1ccc(F)c(F)c1)ON1C(=O)c2ccccc2C1=O. The summed E-state index contributed by atoms with van der Waals surface area (Å²) in [6.45, 7) is -0.455. The highest BCUT2D eigenvalue weighted by molar-refractivity contribution is 7.89. The van der Waals surface area contributed by atoms with Crippen molar-refractivity contribution in [2.24, 2.45) is 0 Å². The van der Waals surface area contributed by atoms with Gasteiger partial charge in [0.1, 0.15) is 0 Å². The second-order valence-corrected chi connectivity index (χ2v) is 7.40. The van der Waals surface area contributed by atoms with Crippen LogP contribution in [0.5, 0.6) is 0 Å². The van der Waals surface area contributed by atoms with E-state index in [1.807, 2.05) is 4.72 Å². The highest BCUT2D eigenvalue weighted by Crippen LogP contribution is 2.22. The Labute approximate surface area is 157 Å². The summed E-state index contributed by atoms with van der Waals surface area (Å²) in [7, 11) is -4.20. The minimum Gasteiger partial charge on any atom is -0.330 e. The minimum absolute atomic E-state index is 0.0827. The van der Waals surface area contributed by atoms with Crippen molar-refractivity contribution in [1.29, 1.82) is 0 Å². The first kappa shape index (κ1) is 19.6. The topological polar surface area (TPSA) is 110 Å². The van der Waals surface area contributed by atoms with E-state index in [2.05, 4.69) is 0 Å². The predicted octanol–water partition coefficient (Wildman–Crippen LogP) is 1.39. The van der Waals surface area contributed by atoms with E-state index in [-0.39, 0.29) is 11.1 Å². The fourth-order valence-corrected chi connectivity index (χ4v) is 3.46. The zero-order chi connectivity index (χ0) is 20.5. The molecule has 0 radical (unpaired) electrons. The van der Waals surface area contributed by atoms with Gasteiger partial charge < -0.3 is 4.84 Å². The number of rotatable bonds is 6. The lowest BCUT2D eigenvalue weighted by atomic mass is 10.1. The maximum atomic E-state index is 13.2. The molecule has 0 bridgehead atoms. The van der Waals surface area contributed by atoms with Crippen LogP contribution in [0.1, 0.15) is 27.1 Å². The number of imide groups is 1. The number of benzene rings is 2. The number of fused-ring (bicyclic) bond motifs is 1. The first-order chi connectivity index (χ1) is 13.2. The first-order valence-corrected chi connectivity index (χ1v) is 9.32. The van der Waals surface area contributed by atoms with Gasteiger partial charge in [-0.1, -0.05) is 17.2 Å². The van der Waals surface area contributed by atoms with Crippen LogP contribution < -0.4 is 4.72 Å². The molecule has 0 atom stereocenters. The Kier molecular flexibility index (Phi) is 5.21. The molecule has 1 N–H and O–H groups in total. The quantitative estimate of drug-likeness (QED) is 0.721. The van der Waals surface area contributed by atoms with Gasteiger partial charge in [-0.15, -0.1) is 0 Å². The van der Waals surface area contributed by atoms with E-state index >= 15 is 0 Å². The van der Waals surface area contributed by atoms with Gasteiger partial charge in [0, 0.05) is 6.54 Å². The molecule has 0 spiro atoms. The van der Waals surface area contributed by atoms with E-state index in [1.165, 1.54) is 12.1 Å². The molecule has 1 aliphatic heterocycles. The molecule has 1 aliphatic rings. The summed E-state index contributed by atoms with van der Waals surface area (Å²) in [4.78, 5) is 40.2. The molecule has 1 heterocycles. The Morgan fingerprint density at radius 2 is 1.61 bits per heavy atom. The molecular formula is C17H12F2N2O6S. The van der Waals surface area contributed by atoms with Gasteiger partial charge in [0.05, 0.1) is 22.4 Å². The maximum absolute atomic E-state index is 13.2. The number of nitrogens with zero attached hydrogens (tertiary/aromatic N) is 1. The van der Waals surface area contributed by atoms with Crippen LogP contribution in [0.3, 0.4) is 0 Å². The molecule has 8 nitrogen and oxygen atoms in total. The Bertz CT molecular complexity index is 1050. The van der Waals surface area contributed by atoms with Crippen LogP contribution in [0.4, 0.5) is 8.78 Å². The second-order valence-electron chi connectivity index (χ2n) is 5.64. The van der Waals surface area contributed by atoms with Gasteiger partial charge in [0.15, 0.2) is 11.6 Å². The van der Waals surface area contributed by atoms with Gasteiger partial charge in [-0.2, -0.15) is 0 Å². The van der Waals surface area contributed by atoms with Crippen LogP contribution in [0, 0.1) is 11.6 Å². The number of hydrogen-bond acceptors (Lipinski definition) is 6. The van der Waals surface area contributed by atoms with Gasteiger partial charge in [-0.05, 0) is 30.3 Å². The van der Waals surface area contributed by atoms with Gasteiger partial charge in [-0.3, -0.25) is 9.59 Å². The van der Waals surface area contributed by atoms with Gasteiger partial charge in [0.2, 0.25) is 10.0 Å². The third kappa shape index (κ3) is 3.75. The summed E-state index contributed by atoms with van der Waals surface area (Å²) in [5, 5.41) is 0.302. The standard InChI is InChI=1S/C17H12F2N2O6S/c18-13-6-5-10(9-14(13)19)28(25,26)20-8-7-15(22)27-21-16(23)11-3-1-2-4-12(11)17(21)24/h1-6,9,20H,7-8H2. The number of carbonyl (C=O) groups excluding carboxylic acids is 3. The second kappa shape index (κ2) is 7.44. The molecule has 2 aromatic carbocycles. The van der Waals surface area contributed by atoms with E-state index in [9.17, 15) is 31.6 Å². The molecule has 0 fully saturated rings. The van der Waals surface area contributed by atoms with Crippen molar-refractivity contribution in [3.8, 4) is 0 Å². The summed E-state index contributed by atoms with van der Waals surface area (Å²) in [5.41, 5.74) is 0.165. The molecule has 2 amide bonds. The third-order valence-electron chi connectivity index (χ3n) is 3.77. The molecule has 3 rings (SSSR count).